The van der Waals surface area contributed by atoms with E-state index < -0.39 is 11.2 Å². The molecule has 6 nitrogen and oxygen atoms in total. The number of nitrogens with zero attached hydrogens (tertiary/aromatic N) is 2. The molecule has 3 aromatic rings. The van der Waals surface area contributed by atoms with Gasteiger partial charge in [-0.15, -0.1) is 11.8 Å². The highest BCUT2D eigenvalue weighted by Crippen LogP contribution is 2.19. The maximum Gasteiger partial charge on any atom is 0.337 e. The van der Waals surface area contributed by atoms with E-state index in [0.717, 1.165) is 10.5 Å². The molecule has 2 aromatic carbocycles. The minimum absolute atomic E-state index is 0.115. The van der Waals surface area contributed by atoms with Gasteiger partial charge in [0, 0.05) is 11.0 Å². The van der Waals surface area contributed by atoms with Gasteiger partial charge in [0.1, 0.15) is 11.6 Å². The van der Waals surface area contributed by atoms with E-state index in [4.69, 9.17) is 10.5 Å². The summed E-state index contributed by atoms with van der Waals surface area (Å²) in [5.74, 6) is 0.828. The molecule has 2 N–H and O–H groups in total. The Labute approximate surface area is 154 Å². The molecule has 1 aromatic heterocycles. The highest BCUT2D eigenvalue weighted by molar-refractivity contribution is 7.98. The van der Waals surface area contributed by atoms with Crippen molar-refractivity contribution in [2.45, 2.75) is 11.4 Å². The number of nitrogen functional groups attached to an aromatic ring is 1. The second-order valence-electron chi connectivity index (χ2n) is 5.66. The predicted molar refractivity (Wildman–Crippen MR) is 105 cm³/mol. The molecule has 134 valence electrons. The Morgan fingerprint density at radius 3 is 2.46 bits per heavy atom. The van der Waals surface area contributed by atoms with Crippen LogP contribution in [-0.2, 0) is 6.54 Å². The summed E-state index contributed by atoms with van der Waals surface area (Å²) in [5.41, 5.74) is 6.52. The van der Waals surface area contributed by atoms with Gasteiger partial charge in [-0.2, -0.15) is 0 Å². The molecule has 0 fully saturated rings. The Kier molecular flexibility index (Phi) is 5.18. The summed E-state index contributed by atoms with van der Waals surface area (Å²) in [5, 5.41) is 0. The Morgan fingerprint density at radius 1 is 1.08 bits per heavy atom. The maximum atomic E-state index is 13.0. The molecule has 0 unspecified atom stereocenters. The van der Waals surface area contributed by atoms with Gasteiger partial charge in [-0.05, 0) is 42.2 Å². The SMILES string of the molecule is COc1ccc(Cn2c(=O)cc(N)n(-c3cccc(SC)c3)c2=O)cc1. The first-order valence-corrected chi connectivity index (χ1v) is 9.15. The number of rotatable bonds is 5. The first-order chi connectivity index (χ1) is 12.5. The molecule has 0 spiro atoms. The Hall–Kier alpha value is -2.93. The molecule has 0 radical (unpaired) electrons. The summed E-state index contributed by atoms with van der Waals surface area (Å²) in [7, 11) is 1.58. The van der Waals surface area contributed by atoms with E-state index in [1.165, 1.54) is 15.2 Å². The molecule has 1 heterocycles. The van der Waals surface area contributed by atoms with E-state index in [-0.39, 0.29) is 12.4 Å². The van der Waals surface area contributed by atoms with E-state index in [0.29, 0.717) is 11.4 Å². The number of benzene rings is 2. The third-order valence-electron chi connectivity index (χ3n) is 4.03. The van der Waals surface area contributed by atoms with Crippen LogP contribution in [0, 0.1) is 0 Å². The minimum Gasteiger partial charge on any atom is -0.497 e. The fourth-order valence-corrected chi connectivity index (χ4v) is 3.12. The fraction of sp³-hybridized carbons (Fsp3) is 0.158. The second kappa shape index (κ2) is 7.53. The average Bonchev–Trinajstić information content (AvgIpc) is 2.65. The van der Waals surface area contributed by atoms with Crippen LogP contribution in [0.5, 0.6) is 5.75 Å². The van der Waals surface area contributed by atoms with Gasteiger partial charge < -0.3 is 10.5 Å². The molecule has 0 atom stereocenters. The van der Waals surface area contributed by atoms with Crippen LogP contribution in [0.25, 0.3) is 5.69 Å². The van der Waals surface area contributed by atoms with E-state index in [9.17, 15) is 9.59 Å². The van der Waals surface area contributed by atoms with Crippen molar-refractivity contribution < 1.29 is 4.74 Å². The van der Waals surface area contributed by atoms with Gasteiger partial charge in [-0.1, -0.05) is 18.2 Å². The molecule has 3 rings (SSSR count). The maximum absolute atomic E-state index is 13.0. The normalized spacial score (nSPS) is 10.7. The van der Waals surface area contributed by atoms with Crippen molar-refractivity contribution in [3.05, 3.63) is 81.0 Å². The van der Waals surface area contributed by atoms with Crippen molar-refractivity contribution in [2.75, 3.05) is 19.1 Å². The molecule has 0 aliphatic rings. The van der Waals surface area contributed by atoms with Crippen LogP contribution < -0.4 is 21.7 Å². The van der Waals surface area contributed by atoms with E-state index in [1.54, 1.807) is 37.1 Å². The Morgan fingerprint density at radius 2 is 1.81 bits per heavy atom. The monoisotopic (exact) mass is 369 g/mol. The van der Waals surface area contributed by atoms with Crippen LogP contribution in [0.3, 0.4) is 0 Å². The Bertz CT molecular complexity index is 1040. The van der Waals surface area contributed by atoms with Gasteiger partial charge in [0.25, 0.3) is 5.56 Å². The number of nitrogens with two attached hydrogens (primary N) is 1. The number of thioether (sulfide) groups is 1. The summed E-state index contributed by atoms with van der Waals surface area (Å²) >= 11 is 1.57. The largest absolute Gasteiger partial charge is 0.497 e. The van der Waals surface area contributed by atoms with Crippen molar-refractivity contribution in [1.82, 2.24) is 9.13 Å². The summed E-state index contributed by atoms with van der Waals surface area (Å²) in [6, 6.07) is 15.9. The molecule has 0 aliphatic heterocycles. The topological polar surface area (TPSA) is 79.2 Å². The zero-order valence-electron chi connectivity index (χ0n) is 14.5. The average molecular weight is 369 g/mol. The van der Waals surface area contributed by atoms with E-state index >= 15 is 0 Å². The summed E-state index contributed by atoms with van der Waals surface area (Å²) < 4.78 is 7.65. The molecule has 0 amide bonds. The van der Waals surface area contributed by atoms with Crippen molar-refractivity contribution in [3.63, 3.8) is 0 Å². The first kappa shape index (κ1) is 17.9. The van der Waals surface area contributed by atoms with Crippen LogP contribution in [0.2, 0.25) is 0 Å². The fourth-order valence-electron chi connectivity index (χ4n) is 2.66. The third-order valence-corrected chi connectivity index (χ3v) is 4.75. The zero-order chi connectivity index (χ0) is 18.7. The molecule has 0 bridgehead atoms. The van der Waals surface area contributed by atoms with Crippen molar-refractivity contribution in [3.8, 4) is 11.4 Å². The van der Waals surface area contributed by atoms with Gasteiger partial charge >= 0.3 is 5.69 Å². The molecule has 0 saturated carbocycles. The summed E-state index contributed by atoms with van der Waals surface area (Å²) in [6.07, 6.45) is 1.95. The van der Waals surface area contributed by atoms with E-state index in [2.05, 4.69) is 0 Å². The van der Waals surface area contributed by atoms with E-state index in [1.807, 2.05) is 36.6 Å². The molecular formula is C19H19N3O3S. The predicted octanol–water partition coefficient (Wildman–Crippen LogP) is 2.36. The first-order valence-electron chi connectivity index (χ1n) is 7.93. The lowest BCUT2D eigenvalue weighted by molar-refractivity contribution is 0.414. The summed E-state index contributed by atoms with van der Waals surface area (Å²) in [4.78, 5) is 26.3. The quantitative estimate of drug-likeness (QED) is 0.699. The van der Waals surface area contributed by atoms with Crippen LogP contribution in [0.15, 0.2) is 69.1 Å². The lowest BCUT2D eigenvalue weighted by Gasteiger charge is -2.14. The van der Waals surface area contributed by atoms with Crippen molar-refractivity contribution >= 4 is 17.6 Å². The molecule has 0 aliphatic carbocycles. The number of methoxy groups -OCH3 is 1. The molecular weight excluding hydrogens is 350 g/mol. The zero-order valence-corrected chi connectivity index (χ0v) is 15.3. The van der Waals surface area contributed by atoms with Crippen LogP contribution in [0.4, 0.5) is 5.82 Å². The Balaban J connectivity index is 2.09. The highest BCUT2D eigenvalue weighted by atomic mass is 32.2. The number of anilines is 1. The number of hydrogen-bond donors (Lipinski definition) is 1. The molecule has 26 heavy (non-hydrogen) atoms. The lowest BCUT2D eigenvalue weighted by atomic mass is 10.2. The number of ether oxygens (including phenoxy) is 1. The number of aromatic nitrogens is 2. The summed E-state index contributed by atoms with van der Waals surface area (Å²) in [6.45, 7) is 0.157. The second-order valence-corrected chi connectivity index (χ2v) is 6.54. The molecule has 0 saturated heterocycles. The highest BCUT2D eigenvalue weighted by Gasteiger charge is 2.12. The van der Waals surface area contributed by atoms with Gasteiger partial charge in [0.2, 0.25) is 0 Å². The van der Waals surface area contributed by atoms with Gasteiger partial charge in [0.15, 0.2) is 0 Å². The lowest BCUT2D eigenvalue weighted by Crippen LogP contribution is -2.40. The third kappa shape index (κ3) is 3.52. The standard InChI is InChI=1S/C19H19N3O3S/c1-25-15-8-6-13(7-9-15)12-21-18(23)11-17(20)22(19(21)24)14-4-3-5-16(10-14)26-2/h3-11H,12,20H2,1-2H3. The van der Waals surface area contributed by atoms with Crippen LogP contribution in [0.1, 0.15) is 5.56 Å². The van der Waals surface area contributed by atoms with Crippen molar-refractivity contribution in [1.29, 1.82) is 0 Å². The van der Waals surface area contributed by atoms with Crippen molar-refractivity contribution in [2.24, 2.45) is 0 Å². The smallest absolute Gasteiger partial charge is 0.337 e. The van der Waals surface area contributed by atoms with Crippen LogP contribution in [-0.4, -0.2) is 22.5 Å². The molecule has 7 heteroatoms. The van der Waals surface area contributed by atoms with Gasteiger partial charge in [-0.3, -0.25) is 9.36 Å². The van der Waals surface area contributed by atoms with Gasteiger partial charge in [0.05, 0.1) is 19.3 Å². The number of hydrogen-bond acceptors (Lipinski definition) is 5. The van der Waals surface area contributed by atoms with Gasteiger partial charge in [-0.25, -0.2) is 9.36 Å². The minimum atomic E-state index is -0.468. The van der Waals surface area contributed by atoms with Crippen LogP contribution >= 0.6 is 11.8 Å².